The third kappa shape index (κ3) is 5.41. The van der Waals surface area contributed by atoms with Gasteiger partial charge in [0.15, 0.2) is 5.69 Å². The SMILES string of the molecule is CN(Cc1ccccc1N1CCCC1)C(=O)c1cn(C2CCNCC2)nn1.Cl.Cl. The molecule has 4 rings (SSSR count). The molecule has 1 N–H and O–H groups in total. The lowest BCUT2D eigenvalue weighted by Gasteiger charge is -2.24. The molecule has 1 aromatic heterocycles. The van der Waals surface area contributed by atoms with E-state index in [1.807, 2.05) is 17.8 Å². The van der Waals surface area contributed by atoms with Crippen molar-refractivity contribution in [2.24, 2.45) is 0 Å². The first kappa shape index (κ1) is 23.4. The van der Waals surface area contributed by atoms with Gasteiger partial charge in [-0.25, -0.2) is 4.68 Å². The molecular weight excluding hydrogens is 411 g/mol. The number of aromatic nitrogens is 3. The molecule has 2 aromatic rings. The third-order valence-electron chi connectivity index (χ3n) is 5.60. The fourth-order valence-corrected chi connectivity index (χ4v) is 4.06. The second kappa shape index (κ2) is 10.8. The van der Waals surface area contributed by atoms with Crippen molar-refractivity contribution in [3.8, 4) is 0 Å². The number of nitrogens with zero attached hydrogens (tertiary/aromatic N) is 5. The summed E-state index contributed by atoms with van der Waals surface area (Å²) in [6, 6.07) is 8.72. The van der Waals surface area contributed by atoms with Gasteiger partial charge >= 0.3 is 0 Å². The molecule has 2 aliphatic heterocycles. The zero-order valence-corrected chi connectivity index (χ0v) is 18.4. The van der Waals surface area contributed by atoms with E-state index in [0.717, 1.165) is 39.0 Å². The maximum Gasteiger partial charge on any atom is 0.276 e. The van der Waals surface area contributed by atoms with E-state index in [4.69, 9.17) is 0 Å². The summed E-state index contributed by atoms with van der Waals surface area (Å²) in [7, 11) is 1.84. The number of anilines is 1. The van der Waals surface area contributed by atoms with Crippen LogP contribution in [0.25, 0.3) is 0 Å². The van der Waals surface area contributed by atoms with Crippen LogP contribution < -0.4 is 10.2 Å². The fourth-order valence-electron chi connectivity index (χ4n) is 4.06. The van der Waals surface area contributed by atoms with Gasteiger partial charge in [-0.3, -0.25) is 4.79 Å². The minimum atomic E-state index is -0.0774. The number of carbonyl (C=O) groups excluding carboxylic acids is 1. The Labute approximate surface area is 184 Å². The summed E-state index contributed by atoms with van der Waals surface area (Å²) in [4.78, 5) is 17.0. The highest BCUT2D eigenvalue weighted by molar-refractivity contribution is 5.91. The number of piperidine rings is 1. The van der Waals surface area contributed by atoms with Crippen LogP contribution in [-0.2, 0) is 6.54 Å². The summed E-state index contributed by atoms with van der Waals surface area (Å²) in [6.45, 7) is 4.74. The summed E-state index contributed by atoms with van der Waals surface area (Å²) in [5.41, 5.74) is 2.85. The Morgan fingerprint density at radius 1 is 1.17 bits per heavy atom. The summed E-state index contributed by atoms with van der Waals surface area (Å²) < 4.78 is 1.86. The molecule has 0 bridgehead atoms. The van der Waals surface area contributed by atoms with Crippen molar-refractivity contribution in [2.45, 2.75) is 38.3 Å². The molecule has 0 atom stereocenters. The van der Waals surface area contributed by atoms with E-state index in [-0.39, 0.29) is 30.7 Å². The lowest BCUT2D eigenvalue weighted by Crippen LogP contribution is -2.30. The van der Waals surface area contributed by atoms with Crippen LogP contribution in [0.1, 0.15) is 47.8 Å². The molecule has 0 unspecified atom stereocenters. The van der Waals surface area contributed by atoms with Crippen molar-refractivity contribution in [1.29, 1.82) is 0 Å². The topological polar surface area (TPSA) is 66.3 Å². The van der Waals surface area contributed by atoms with Gasteiger partial charge in [0.2, 0.25) is 0 Å². The Morgan fingerprint density at radius 2 is 1.86 bits per heavy atom. The number of hydrogen-bond acceptors (Lipinski definition) is 5. The number of benzene rings is 1. The van der Waals surface area contributed by atoms with Gasteiger partial charge in [-0.05, 0) is 50.4 Å². The largest absolute Gasteiger partial charge is 0.371 e. The maximum absolute atomic E-state index is 12.9. The van der Waals surface area contributed by atoms with Crippen LogP contribution in [0.4, 0.5) is 5.69 Å². The van der Waals surface area contributed by atoms with Crippen molar-refractivity contribution < 1.29 is 4.79 Å². The van der Waals surface area contributed by atoms with Crippen molar-refractivity contribution in [2.75, 3.05) is 38.1 Å². The molecule has 2 saturated heterocycles. The highest BCUT2D eigenvalue weighted by Crippen LogP contribution is 2.25. The summed E-state index contributed by atoms with van der Waals surface area (Å²) in [6.07, 6.45) is 6.33. The Balaban J connectivity index is 0.00000150. The highest BCUT2D eigenvalue weighted by Gasteiger charge is 2.22. The number of para-hydroxylation sites is 1. The molecule has 29 heavy (non-hydrogen) atoms. The lowest BCUT2D eigenvalue weighted by molar-refractivity contribution is 0.0779. The summed E-state index contributed by atoms with van der Waals surface area (Å²) >= 11 is 0. The lowest BCUT2D eigenvalue weighted by atomic mass is 10.1. The number of amides is 1. The van der Waals surface area contributed by atoms with Crippen LogP contribution in [0, 0.1) is 0 Å². The zero-order chi connectivity index (χ0) is 18.6. The van der Waals surface area contributed by atoms with Gasteiger partial charge in [0.25, 0.3) is 5.91 Å². The molecule has 1 amide bonds. The maximum atomic E-state index is 12.9. The summed E-state index contributed by atoms with van der Waals surface area (Å²) in [5.74, 6) is -0.0774. The number of rotatable bonds is 5. The first-order valence-electron chi connectivity index (χ1n) is 9.93. The van der Waals surface area contributed by atoms with Gasteiger partial charge in [0.05, 0.1) is 12.2 Å². The number of nitrogens with one attached hydrogen (secondary N) is 1. The molecule has 7 nitrogen and oxygen atoms in total. The monoisotopic (exact) mass is 440 g/mol. The molecule has 2 aliphatic rings. The van der Waals surface area contributed by atoms with Crippen LogP contribution in [0.2, 0.25) is 0 Å². The van der Waals surface area contributed by atoms with Crippen molar-refractivity contribution >= 4 is 36.4 Å². The van der Waals surface area contributed by atoms with Crippen molar-refractivity contribution in [1.82, 2.24) is 25.2 Å². The predicted molar refractivity (Wildman–Crippen MR) is 119 cm³/mol. The number of halogens is 2. The third-order valence-corrected chi connectivity index (χ3v) is 5.60. The van der Waals surface area contributed by atoms with Gasteiger partial charge < -0.3 is 15.1 Å². The molecule has 2 fully saturated rings. The summed E-state index contributed by atoms with van der Waals surface area (Å²) in [5, 5.41) is 11.7. The zero-order valence-electron chi connectivity index (χ0n) is 16.8. The van der Waals surface area contributed by atoms with Crippen LogP contribution in [-0.4, -0.2) is 59.0 Å². The first-order valence-corrected chi connectivity index (χ1v) is 9.93. The van der Waals surface area contributed by atoms with E-state index >= 15 is 0 Å². The second-order valence-corrected chi connectivity index (χ2v) is 7.55. The average molecular weight is 441 g/mol. The van der Waals surface area contributed by atoms with E-state index in [1.165, 1.54) is 24.1 Å². The molecule has 0 spiro atoms. The van der Waals surface area contributed by atoms with Crippen LogP contribution in [0.15, 0.2) is 30.5 Å². The van der Waals surface area contributed by atoms with E-state index in [9.17, 15) is 4.79 Å². The van der Waals surface area contributed by atoms with E-state index < -0.39 is 0 Å². The standard InChI is InChI=1S/C20H28N6O.2ClH/c1-24(14-16-6-2-3-7-19(16)25-12-4-5-13-25)20(27)18-15-26(23-22-18)17-8-10-21-11-9-17;;/h2-3,6-7,15,17,21H,4-5,8-14H2,1H3;2*1H. The normalized spacial score (nSPS) is 16.8. The van der Waals surface area contributed by atoms with Crippen LogP contribution >= 0.6 is 24.8 Å². The molecule has 160 valence electrons. The number of carbonyl (C=O) groups is 1. The predicted octanol–water partition coefficient (Wildman–Crippen LogP) is 2.92. The molecule has 0 saturated carbocycles. The Kier molecular flexibility index (Phi) is 8.74. The van der Waals surface area contributed by atoms with Gasteiger partial charge in [-0.1, -0.05) is 23.4 Å². The Hall–Kier alpha value is -1.83. The molecule has 1 aromatic carbocycles. The number of hydrogen-bond donors (Lipinski definition) is 1. The minimum Gasteiger partial charge on any atom is -0.371 e. The van der Waals surface area contributed by atoms with E-state index in [2.05, 4.69) is 38.7 Å². The quantitative estimate of drug-likeness (QED) is 0.773. The molecular formula is C20H30Cl2N6O. The molecule has 0 aliphatic carbocycles. The van der Waals surface area contributed by atoms with Gasteiger partial charge in [0.1, 0.15) is 0 Å². The van der Waals surface area contributed by atoms with Crippen molar-refractivity contribution in [3.63, 3.8) is 0 Å². The van der Waals surface area contributed by atoms with Gasteiger partial charge in [-0.15, -0.1) is 29.9 Å². The first-order chi connectivity index (χ1) is 13.2. The average Bonchev–Trinajstić information content (AvgIpc) is 3.41. The Morgan fingerprint density at radius 3 is 2.59 bits per heavy atom. The van der Waals surface area contributed by atoms with E-state index in [0.29, 0.717) is 18.3 Å². The smallest absolute Gasteiger partial charge is 0.276 e. The van der Waals surface area contributed by atoms with Gasteiger partial charge in [-0.2, -0.15) is 0 Å². The fraction of sp³-hybridized carbons (Fsp3) is 0.550. The molecule has 0 radical (unpaired) electrons. The van der Waals surface area contributed by atoms with E-state index in [1.54, 1.807) is 11.1 Å². The molecule has 3 heterocycles. The highest BCUT2D eigenvalue weighted by atomic mass is 35.5. The van der Waals surface area contributed by atoms with Crippen LogP contribution in [0.3, 0.4) is 0 Å². The van der Waals surface area contributed by atoms with Crippen molar-refractivity contribution in [3.05, 3.63) is 41.7 Å². The van der Waals surface area contributed by atoms with Gasteiger partial charge in [0, 0.05) is 32.4 Å². The second-order valence-electron chi connectivity index (χ2n) is 7.55. The minimum absolute atomic E-state index is 0. The molecule has 9 heteroatoms. The Bertz CT molecular complexity index is 787. The van der Waals surface area contributed by atoms with Crippen LogP contribution in [0.5, 0.6) is 0 Å².